The zero-order valence-electron chi connectivity index (χ0n) is 13.9. The first-order valence-corrected chi connectivity index (χ1v) is 10.2. The Bertz CT molecular complexity index is 742. The minimum Gasteiger partial charge on any atom is -0.497 e. The quantitative estimate of drug-likeness (QED) is 0.713. The van der Waals surface area contributed by atoms with E-state index < -0.39 is 10.0 Å². The van der Waals surface area contributed by atoms with Crippen LogP contribution in [0.3, 0.4) is 0 Å². The van der Waals surface area contributed by atoms with Gasteiger partial charge in [-0.05, 0) is 71.8 Å². The smallest absolute Gasteiger partial charge is 0.240 e. The lowest BCUT2D eigenvalue weighted by molar-refractivity contribution is 0.273. The molecule has 1 aromatic carbocycles. The summed E-state index contributed by atoms with van der Waals surface area (Å²) in [6.07, 6.45) is 1.27. The van der Waals surface area contributed by atoms with E-state index in [1.807, 2.05) is 16.8 Å². The van der Waals surface area contributed by atoms with Crippen molar-refractivity contribution in [1.82, 2.24) is 4.72 Å². The highest BCUT2D eigenvalue weighted by Gasteiger charge is 2.18. The third-order valence-corrected chi connectivity index (χ3v) is 6.27. The van der Waals surface area contributed by atoms with Crippen LogP contribution in [0.5, 0.6) is 5.75 Å². The van der Waals surface area contributed by atoms with E-state index in [-0.39, 0.29) is 17.4 Å². The summed E-state index contributed by atoms with van der Waals surface area (Å²) in [6, 6.07) is 6.92. The molecule has 0 bridgehead atoms. The Morgan fingerprint density at radius 3 is 2.67 bits per heavy atom. The van der Waals surface area contributed by atoms with Crippen LogP contribution in [-0.4, -0.2) is 33.8 Å². The first kappa shape index (κ1) is 18.9. The van der Waals surface area contributed by atoms with Gasteiger partial charge in [0.05, 0.1) is 12.0 Å². The van der Waals surface area contributed by atoms with Crippen LogP contribution in [0, 0.1) is 6.92 Å². The molecule has 0 fully saturated rings. The lowest BCUT2D eigenvalue weighted by atomic mass is 9.95. The van der Waals surface area contributed by atoms with Gasteiger partial charge >= 0.3 is 0 Å². The van der Waals surface area contributed by atoms with Gasteiger partial charge in [-0.2, -0.15) is 11.3 Å². The second-order valence-corrected chi connectivity index (χ2v) is 8.10. The molecule has 1 atom stereocenters. The van der Waals surface area contributed by atoms with Crippen LogP contribution in [0.4, 0.5) is 0 Å². The van der Waals surface area contributed by atoms with Gasteiger partial charge in [0.25, 0.3) is 0 Å². The Morgan fingerprint density at radius 1 is 1.29 bits per heavy atom. The Balaban J connectivity index is 2.02. The number of methoxy groups -OCH3 is 1. The van der Waals surface area contributed by atoms with Gasteiger partial charge in [-0.1, -0.05) is 0 Å². The van der Waals surface area contributed by atoms with Crippen molar-refractivity contribution >= 4 is 21.4 Å². The highest BCUT2D eigenvalue weighted by atomic mass is 32.2. The minimum atomic E-state index is -3.56. The van der Waals surface area contributed by atoms with Crippen molar-refractivity contribution in [2.45, 2.75) is 30.6 Å². The molecule has 2 N–H and O–H groups in total. The van der Waals surface area contributed by atoms with Crippen molar-refractivity contribution in [3.63, 3.8) is 0 Å². The molecule has 1 heterocycles. The van der Waals surface area contributed by atoms with Gasteiger partial charge in [0.1, 0.15) is 5.75 Å². The number of thiophene rings is 1. The number of aliphatic hydroxyl groups excluding tert-OH is 1. The summed E-state index contributed by atoms with van der Waals surface area (Å²) in [6.45, 7) is 2.16. The van der Waals surface area contributed by atoms with Crippen molar-refractivity contribution < 1.29 is 18.3 Å². The topological polar surface area (TPSA) is 75.6 Å². The average molecular weight is 370 g/mol. The molecule has 7 heteroatoms. The number of nitrogens with one attached hydrogen (secondary N) is 1. The van der Waals surface area contributed by atoms with Crippen LogP contribution in [0.1, 0.15) is 29.9 Å². The molecule has 2 aromatic rings. The summed E-state index contributed by atoms with van der Waals surface area (Å²) in [7, 11) is -2.01. The monoisotopic (exact) mass is 369 g/mol. The lowest BCUT2D eigenvalue weighted by Gasteiger charge is -2.16. The van der Waals surface area contributed by atoms with Gasteiger partial charge in [0.15, 0.2) is 0 Å². The van der Waals surface area contributed by atoms with E-state index in [1.165, 1.54) is 0 Å². The summed E-state index contributed by atoms with van der Waals surface area (Å²) in [5, 5.41) is 13.2. The van der Waals surface area contributed by atoms with Gasteiger partial charge in [-0.15, -0.1) is 0 Å². The number of benzene rings is 1. The maximum absolute atomic E-state index is 12.5. The van der Waals surface area contributed by atoms with Gasteiger partial charge in [-0.25, -0.2) is 13.1 Å². The third-order valence-electron chi connectivity index (χ3n) is 3.95. The molecule has 5 nitrogen and oxygen atoms in total. The molecule has 132 valence electrons. The van der Waals surface area contributed by atoms with E-state index in [9.17, 15) is 13.5 Å². The highest BCUT2D eigenvalue weighted by Crippen LogP contribution is 2.25. The normalized spacial score (nSPS) is 13.0. The summed E-state index contributed by atoms with van der Waals surface area (Å²) in [4.78, 5) is 0.262. The maximum atomic E-state index is 12.5. The number of hydrogen-bond donors (Lipinski definition) is 2. The van der Waals surface area contributed by atoms with Crippen LogP contribution in [0.2, 0.25) is 0 Å². The fourth-order valence-corrected chi connectivity index (χ4v) is 4.65. The van der Waals surface area contributed by atoms with Crippen LogP contribution in [0.15, 0.2) is 39.9 Å². The molecular formula is C17H23NO4S2. The fourth-order valence-electron chi connectivity index (χ4n) is 2.64. The Labute approximate surface area is 147 Å². The Hall–Kier alpha value is -1.41. The molecule has 0 spiro atoms. The van der Waals surface area contributed by atoms with Crippen LogP contribution >= 0.6 is 11.3 Å². The Kier molecular flexibility index (Phi) is 6.79. The van der Waals surface area contributed by atoms with E-state index in [2.05, 4.69) is 4.72 Å². The molecule has 0 unspecified atom stereocenters. The summed E-state index contributed by atoms with van der Waals surface area (Å²) >= 11 is 1.60. The molecular weight excluding hydrogens is 346 g/mol. The van der Waals surface area contributed by atoms with Crippen molar-refractivity contribution in [1.29, 1.82) is 0 Å². The number of aryl methyl sites for hydroxylation is 1. The standard InChI is InChI=1S/C17H23NO4S2/c1-13-11-16(22-2)3-4-17(13)24(20,21)18-8-5-14(6-9-19)15-7-10-23-12-15/h3-4,7,10-12,14,18-19H,5-6,8-9H2,1-2H3/t14-/m0/s1. The summed E-state index contributed by atoms with van der Waals surface area (Å²) in [5.74, 6) is 0.785. The highest BCUT2D eigenvalue weighted by molar-refractivity contribution is 7.89. The summed E-state index contributed by atoms with van der Waals surface area (Å²) < 4.78 is 32.7. The number of hydrogen-bond acceptors (Lipinski definition) is 5. The number of sulfonamides is 1. The van der Waals surface area contributed by atoms with Crippen molar-refractivity contribution in [2.75, 3.05) is 20.3 Å². The molecule has 0 aliphatic rings. The molecule has 0 amide bonds. The zero-order chi connectivity index (χ0) is 17.6. The SMILES string of the molecule is COc1ccc(S(=O)(=O)NCC[C@@H](CCO)c2ccsc2)c(C)c1. The first-order chi connectivity index (χ1) is 11.5. The summed E-state index contributed by atoms with van der Waals surface area (Å²) in [5.41, 5.74) is 1.79. The fraction of sp³-hybridized carbons (Fsp3) is 0.412. The van der Waals surface area contributed by atoms with Gasteiger partial charge in [-0.3, -0.25) is 0 Å². The Morgan fingerprint density at radius 2 is 2.08 bits per heavy atom. The van der Waals surface area contributed by atoms with Gasteiger partial charge in [0.2, 0.25) is 10.0 Å². The molecule has 24 heavy (non-hydrogen) atoms. The van der Waals surface area contributed by atoms with E-state index in [0.29, 0.717) is 30.7 Å². The second-order valence-electron chi connectivity index (χ2n) is 5.58. The van der Waals surface area contributed by atoms with Crippen molar-refractivity contribution in [3.05, 3.63) is 46.2 Å². The predicted octanol–water partition coefficient (Wildman–Crippen LogP) is 2.90. The van der Waals surface area contributed by atoms with E-state index in [1.54, 1.807) is 43.6 Å². The number of aliphatic hydroxyl groups is 1. The van der Waals surface area contributed by atoms with Crippen molar-refractivity contribution in [3.8, 4) is 5.75 Å². The zero-order valence-corrected chi connectivity index (χ0v) is 15.5. The van der Waals surface area contributed by atoms with E-state index >= 15 is 0 Å². The second kappa shape index (κ2) is 8.62. The molecule has 1 aromatic heterocycles. The minimum absolute atomic E-state index is 0.0881. The number of ether oxygens (including phenoxy) is 1. The van der Waals surface area contributed by atoms with E-state index in [0.717, 1.165) is 5.56 Å². The lowest BCUT2D eigenvalue weighted by Crippen LogP contribution is -2.26. The largest absolute Gasteiger partial charge is 0.497 e. The van der Waals surface area contributed by atoms with Crippen LogP contribution in [0.25, 0.3) is 0 Å². The number of rotatable bonds is 9. The first-order valence-electron chi connectivity index (χ1n) is 7.75. The molecule has 0 aliphatic heterocycles. The van der Waals surface area contributed by atoms with Crippen LogP contribution < -0.4 is 9.46 Å². The predicted molar refractivity (Wildman–Crippen MR) is 96.3 cm³/mol. The van der Waals surface area contributed by atoms with E-state index in [4.69, 9.17) is 4.74 Å². The molecule has 2 rings (SSSR count). The van der Waals surface area contributed by atoms with Crippen LogP contribution in [-0.2, 0) is 10.0 Å². The molecule has 0 saturated carbocycles. The maximum Gasteiger partial charge on any atom is 0.240 e. The average Bonchev–Trinajstić information content (AvgIpc) is 3.07. The van der Waals surface area contributed by atoms with Gasteiger partial charge < -0.3 is 9.84 Å². The molecule has 0 aliphatic carbocycles. The van der Waals surface area contributed by atoms with Gasteiger partial charge in [0, 0.05) is 13.2 Å². The molecule has 0 radical (unpaired) electrons. The third kappa shape index (κ3) is 4.80. The molecule has 0 saturated heterocycles. The van der Waals surface area contributed by atoms with Crippen molar-refractivity contribution in [2.24, 2.45) is 0 Å².